The van der Waals surface area contributed by atoms with Gasteiger partial charge in [-0.15, -0.1) is 0 Å². The second-order valence-electron chi connectivity index (χ2n) is 4.59. The van der Waals surface area contributed by atoms with Crippen molar-refractivity contribution in [3.63, 3.8) is 0 Å². The van der Waals surface area contributed by atoms with Gasteiger partial charge in [0.1, 0.15) is 6.61 Å². The van der Waals surface area contributed by atoms with Crippen LogP contribution < -0.4 is 0 Å². The van der Waals surface area contributed by atoms with Crippen LogP contribution in [0.5, 0.6) is 0 Å². The molecule has 1 saturated carbocycles. The minimum atomic E-state index is -0.509. The number of β-amino-alcohol motifs (C(OH)–C–C–N with tert-alkyl or cyclic N) is 1. The number of aliphatic hydroxyl groups is 1. The average molecular weight is 185 g/mol. The molecule has 1 saturated heterocycles. The van der Waals surface area contributed by atoms with Gasteiger partial charge < -0.3 is 5.11 Å². The van der Waals surface area contributed by atoms with Gasteiger partial charge in [-0.05, 0) is 11.8 Å². The van der Waals surface area contributed by atoms with E-state index in [1.54, 1.807) is 0 Å². The third kappa shape index (κ3) is 1.56. The Kier molecular flexibility index (Phi) is 1.85. The Morgan fingerprint density at radius 3 is 2.62 bits per heavy atom. The van der Waals surface area contributed by atoms with Gasteiger partial charge in [0.15, 0.2) is 0 Å². The first-order valence-electron chi connectivity index (χ1n) is 4.63. The summed E-state index contributed by atoms with van der Waals surface area (Å²) in [5.74, 6) is 0.124. The van der Waals surface area contributed by atoms with Gasteiger partial charge in [-0.2, -0.15) is 0 Å². The van der Waals surface area contributed by atoms with E-state index < -0.39 is 6.10 Å². The maximum absolute atomic E-state index is 11.7. The molecule has 2 atom stereocenters. The van der Waals surface area contributed by atoms with E-state index >= 15 is 0 Å². The normalized spacial score (nSPS) is 36.4. The Balaban J connectivity index is 1.92. The standard InChI is InChI=1S/C9H15NO3/c1-9(2)3-7(9)8(12)10-4-6(11)5-13-10/h6-7,11H,3-5H2,1-2H3. The third-order valence-electron chi connectivity index (χ3n) is 2.86. The minimum absolute atomic E-state index is 0.0292. The minimum Gasteiger partial charge on any atom is -0.389 e. The number of hydrogen-bond acceptors (Lipinski definition) is 3. The lowest BCUT2D eigenvalue weighted by Crippen LogP contribution is -2.30. The van der Waals surface area contributed by atoms with Crippen molar-refractivity contribution in [3.8, 4) is 0 Å². The first kappa shape index (κ1) is 8.97. The summed E-state index contributed by atoms with van der Waals surface area (Å²) in [4.78, 5) is 16.7. The Labute approximate surface area is 77.4 Å². The second-order valence-corrected chi connectivity index (χ2v) is 4.59. The molecule has 0 aromatic rings. The highest BCUT2D eigenvalue weighted by Gasteiger charge is 2.53. The number of rotatable bonds is 1. The predicted molar refractivity (Wildman–Crippen MR) is 45.6 cm³/mol. The summed E-state index contributed by atoms with van der Waals surface area (Å²) >= 11 is 0. The molecule has 2 rings (SSSR count). The summed E-state index contributed by atoms with van der Waals surface area (Å²) in [6, 6.07) is 0. The monoisotopic (exact) mass is 185 g/mol. The molecule has 0 spiro atoms. The topological polar surface area (TPSA) is 49.8 Å². The van der Waals surface area contributed by atoms with Crippen LogP contribution in [0.2, 0.25) is 0 Å². The highest BCUT2D eigenvalue weighted by molar-refractivity contribution is 5.81. The molecule has 1 aliphatic carbocycles. The molecule has 4 heteroatoms. The lowest BCUT2D eigenvalue weighted by molar-refractivity contribution is -0.171. The van der Waals surface area contributed by atoms with Crippen LogP contribution in [-0.4, -0.2) is 35.3 Å². The summed E-state index contributed by atoms with van der Waals surface area (Å²) in [6.07, 6.45) is 0.424. The lowest BCUT2D eigenvalue weighted by atomic mass is 10.1. The fraction of sp³-hybridized carbons (Fsp3) is 0.889. The van der Waals surface area contributed by atoms with Crippen molar-refractivity contribution in [3.05, 3.63) is 0 Å². The molecule has 1 N–H and O–H groups in total. The molecule has 2 unspecified atom stereocenters. The molecule has 0 aromatic heterocycles. The van der Waals surface area contributed by atoms with Crippen molar-refractivity contribution in [1.82, 2.24) is 5.06 Å². The van der Waals surface area contributed by atoms with E-state index in [4.69, 9.17) is 9.94 Å². The highest BCUT2D eigenvalue weighted by Crippen LogP contribution is 2.52. The van der Waals surface area contributed by atoms with Gasteiger partial charge >= 0.3 is 0 Å². The summed E-state index contributed by atoms with van der Waals surface area (Å²) in [7, 11) is 0. The van der Waals surface area contributed by atoms with Crippen LogP contribution in [0.4, 0.5) is 0 Å². The van der Waals surface area contributed by atoms with Gasteiger partial charge in [0.05, 0.1) is 12.6 Å². The van der Waals surface area contributed by atoms with Crippen LogP contribution in [0.1, 0.15) is 20.3 Å². The fourth-order valence-corrected chi connectivity index (χ4v) is 1.69. The summed E-state index contributed by atoms with van der Waals surface area (Å²) in [5, 5.41) is 10.5. The number of carbonyl (C=O) groups excluding carboxylic acids is 1. The molecule has 13 heavy (non-hydrogen) atoms. The molecule has 1 amide bonds. The zero-order valence-corrected chi connectivity index (χ0v) is 7.99. The maximum atomic E-state index is 11.7. The number of hydroxylamine groups is 2. The van der Waals surface area contributed by atoms with Crippen LogP contribution in [0.3, 0.4) is 0 Å². The molecule has 0 aromatic carbocycles. The van der Waals surface area contributed by atoms with Gasteiger partial charge in [-0.25, -0.2) is 5.06 Å². The summed E-state index contributed by atoms with van der Waals surface area (Å²) in [6.45, 7) is 4.72. The SMILES string of the molecule is CC1(C)CC1C(=O)N1CC(O)CO1. The molecule has 2 fully saturated rings. The van der Waals surface area contributed by atoms with Crippen molar-refractivity contribution < 1.29 is 14.7 Å². The first-order chi connectivity index (χ1) is 6.00. The van der Waals surface area contributed by atoms with Crippen molar-refractivity contribution in [1.29, 1.82) is 0 Å². The largest absolute Gasteiger partial charge is 0.389 e. The van der Waals surface area contributed by atoms with Gasteiger partial charge in [0.2, 0.25) is 5.91 Å². The van der Waals surface area contributed by atoms with Crippen LogP contribution >= 0.6 is 0 Å². The average Bonchev–Trinajstić information content (AvgIpc) is 2.47. The summed E-state index contributed by atoms with van der Waals surface area (Å²) < 4.78 is 0. The molecule has 2 aliphatic rings. The zero-order valence-electron chi connectivity index (χ0n) is 7.99. The van der Waals surface area contributed by atoms with Crippen LogP contribution in [-0.2, 0) is 9.63 Å². The quantitative estimate of drug-likeness (QED) is 0.633. The number of amides is 1. The van der Waals surface area contributed by atoms with E-state index in [0.717, 1.165) is 6.42 Å². The van der Waals surface area contributed by atoms with E-state index in [-0.39, 0.29) is 23.8 Å². The number of carbonyl (C=O) groups is 1. The van der Waals surface area contributed by atoms with Crippen molar-refractivity contribution in [2.45, 2.75) is 26.4 Å². The molecule has 1 aliphatic heterocycles. The Bertz CT molecular complexity index is 239. The third-order valence-corrected chi connectivity index (χ3v) is 2.86. The van der Waals surface area contributed by atoms with E-state index in [0.29, 0.717) is 6.54 Å². The van der Waals surface area contributed by atoms with Crippen molar-refractivity contribution >= 4 is 5.91 Å². The molecule has 1 heterocycles. The first-order valence-corrected chi connectivity index (χ1v) is 4.63. The van der Waals surface area contributed by atoms with Gasteiger partial charge in [0.25, 0.3) is 0 Å². The maximum Gasteiger partial charge on any atom is 0.249 e. The van der Waals surface area contributed by atoms with Crippen LogP contribution in [0.15, 0.2) is 0 Å². The lowest BCUT2D eigenvalue weighted by Gasteiger charge is -2.14. The van der Waals surface area contributed by atoms with Gasteiger partial charge in [-0.3, -0.25) is 9.63 Å². The van der Waals surface area contributed by atoms with E-state index in [1.807, 2.05) is 0 Å². The molecular weight excluding hydrogens is 170 g/mol. The predicted octanol–water partition coefficient (Wildman–Crippen LogP) is 0.167. The molecule has 0 bridgehead atoms. The Morgan fingerprint density at radius 2 is 2.23 bits per heavy atom. The van der Waals surface area contributed by atoms with Crippen LogP contribution in [0, 0.1) is 11.3 Å². The molecule has 74 valence electrons. The molecule has 0 radical (unpaired) electrons. The van der Waals surface area contributed by atoms with E-state index in [9.17, 15) is 4.79 Å². The highest BCUT2D eigenvalue weighted by atomic mass is 16.7. The smallest absolute Gasteiger partial charge is 0.249 e. The molecule has 4 nitrogen and oxygen atoms in total. The van der Waals surface area contributed by atoms with E-state index in [1.165, 1.54) is 5.06 Å². The zero-order chi connectivity index (χ0) is 9.64. The van der Waals surface area contributed by atoms with Crippen molar-refractivity contribution in [2.24, 2.45) is 11.3 Å². The number of hydrogen-bond donors (Lipinski definition) is 1. The Morgan fingerprint density at radius 1 is 1.62 bits per heavy atom. The van der Waals surface area contributed by atoms with Gasteiger partial charge in [-0.1, -0.05) is 13.8 Å². The Hall–Kier alpha value is -0.610. The van der Waals surface area contributed by atoms with Crippen molar-refractivity contribution in [2.75, 3.05) is 13.2 Å². The van der Waals surface area contributed by atoms with Crippen LogP contribution in [0.25, 0.3) is 0 Å². The molecular formula is C9H15NO3. The second kappa shape index (κ2) is 2.69. The van der Waals surface area contributed by atoms with Gasteiger partial charge in [0, 0.05) is 5.92 Å². The number of nitrogens with zero attached hydrogens (tertiary/aromatic N) is 1. The fourth-order valence-electron chi connectivity index (χ4n) is 1.69. The number of aliphatic hydroxyl groups excluding tert-OH is 1. The van der Waals surface area contributed by atoms with E-state index in [2.05, 4.69) is 13.8 Å². The summed E-state index contributed by atoms with van der Waals surface area (Å²) in [5.41, 5.74) is 0.133.